The number of rotatable bonds is 1. The van der Waals surface area contributed by atoms with Crippen molar-refractivity contribution in [3.8, 4) is 22.3 Å². The predicted octanol–water partition coefficient (Wildman–Crippen LogP) is -1.37. The number of benzene rings is 3. The van der Waals surface area contributed by atoms with Gasteiger partial charge in [0.2, 0.25) is 0 Å². The molecule has 30 heavy (non-hydrogen) atoms. The van der Waals surface area contributed by atoms with E-state index in [1.165, 1.54) is 0 Å². The van der Waals surface area contributed by atoms with Gasteiger partial charge in [0.25, 0.3) is 0 Å². The van der Waals surface area contributed by atoms with E-state index in [4.69, 9.17) is 66.5 Å². The standard InChI is InChI=1S/C21H9B7BrCl/c1-21(2)8-5-6(30)3-4-7(8)9-12(21)10(13(22)19(28)20(9)29)11-14(23)16(25)18(27)17(26)15(11)24/h3-5H,1-2H3. The van der Waals surface area contributed by atoms with Crippen molar-refractivity contribution in [2.75, 3.05) is 0 Å². The molecule has 0 aromatic heterocycles. The Morgan fingerprint density at radius 2 is 1.20 bits per heavy atom. The highest BCUT2D eigenvalue weighted by atomic mass is 79.9. The average molecular weight is 452 g/mol. The third-order valence-electron chi connectivity index (χ3n) is 6.01. The summed E-state index contributed by atoms with van der Waals surface area (Å²) < 4.78 is 0.696. The summed E-state index contributed by atoms with van der Waals surface area (Å²) in [6.45, 7) is 4.16. The van der Waals surface area contributed by atoms with Crippen LogP contribution in [-0.4, -0.2) is 54.9 Å². The number of hydrogen-bond donors (Lipinski definition) is 0. The molecule has 3 aromatic rings. The molecule has 0 atom stereocenters. The van der Waals surface area contributed by atoms with Crippen LogP contribution in [0.1, 0.15) is 25.0 Å². The van der Waals surface area contributed by atoms with E-state index in [2.05, 4.69) is 29.8 Å². The van der Waals surface area contributed by atoms with Gasteiger partial charge in [0.15, 0.2) is 0 Å². The van der Waals surface area contributed by atoms with E-state index in [9.17, 15) is 0 Å². The Labute approximate surface area is 200 Å². The summed E-state index contributed by atoms with van der Waals surface area (Å²) in [4.78, 5) is 0. The molecule has 0 nitrogen and oxygen atoms in total. The molecule has 3 aromatic carbocycles. The van der Waals surface area contributed by atoms with Crippen LogP contribution in [0.4, 0.5) is 0 Å². The zero-order chi connectivity index (χ0) is 22.3. The third-order valence-corrected chi connectivity index (χ3v) is 7.07. The quantitative estimate of drug-likeness (QED) is 0.400. The number of hydrogen-bond acceptors (Lipinski definition) is 0. The van der Waals surface area contributed by atoms with Crippen LogP contribution in [0.3, 0.4) is 0 Å². The molecule has 0 spiro atoms. The molecule has 9 heteroatoms. The first kappa shape index (κ1) is 22.1. The minimum atomic E-state index is -0.487. The molecule has 1 aliphatic rings. The molecule has 0 fully saturated rings. The maximum Gasteiger partial charge on any atom is 0.114 e. The highest BCUT2D eigenvalue weighted by Crippen LogP contribution is 2.53. The van der Waals surface area contributed by atoms with E-state index in [1.54, 1.807) is 0 Å². The Balaban J connectivity index is 2.25. The van der Waals surface area contributed by atoms with Gasteiger partial charge in [-0.1, -0.05) is 69.3 Å². The molecule has 0 heterocycles. The van der Waals surface area contributed by atoms with Crippen molar-refractivity contribution in [3.63, 3.8) is 0 Å². The summed E-state index contributed by atoms with van der Waals surface area (Å²) in [7, 11) is 44.0. The van der Waals surface area contributed by atoms with Gasteiger partial charge < -0.3 is 0 Å². The van der Waals surface area contributed by atoms with Gasteiger partial charge in [-0.15, -0.1) is 16.4 Å². The van der Waals surface area contributed by atoms with Gasteiger partial charge in [0.1, 0.15) is 54.9 Å². The van der Waals surface area contributed by atoms with Crippen LogP contribution < -0.4 is 38.2 Å². The van der Waals surface area contributed by atoms with E-state index in [0.29, 0.717) is 31.5 Å². The lowest BCUT2D eigenvalue weighted by Gasteiger charge is -2.31. The lowest BCUT2D eigenvalue weighted by molar-refractivity contribution is 0.662. The molecule has 0 aliphatic heterocycles. The van der Waals surface area contributed by atoms with Crippen LogP contribution in [0.2, 0.25) is 5.02 Å². The Bertz CT molecular complexity index is 1240. The monoisotopic (exact) mass is 452 g/mol. The van der Waals surface area contributed by atoms with Crippen molar-refractivity contribution in [1.29, 1.82) is 0 Å². The van der Waals surface area contributed by atoms with Gasteiger partial charge in [0.05, 0.1) is 0 Å². The first-order chi connectivity index (χ1) is 13.9. The van der Waals surface area contributed by atoms with Crippen molar-refractivity contribution >= 4 is 121 Å². The van der Waals surface area contributed by atoms with Gasteiger partial charge in [-0.3, -0.25) is 0 Å². The van der Waals surface area contributed by atoms with Gasteiger partial charge in [-0.2, -0.15) is 0 Å². The Hall–Kier alpha value is -1.12. The van der Waals surface area contributed by atoms with Crippen LogP contribution in [0.25, 0.3) is 22.3 Å². The van der Waals surface area contributed by atoms with E-state index in [0.717, 1.165) is 22.3 Å². The van der Waals surface area contributed by atoms with Crippen molar-refractivity contribution in [3.05, 3.63) is 38.8 Å². The van der Waals surface area contributed by atoms with Crippen LogP contribution in [-0.2, 0) is 5.41 Å². The Morgan fingerprint density at radius 3 is 1.77 bits per heavy atom. The maximum absolute atomic E-state index is 6.55. The van der Waals surface area contributed by atoms with Crippen molar-refractivity contribution in [2.45, 2.75) is 19.3 Å². The molecule has 0 N–H and O–H groups in total. The van der Waals surface area contributed by atoms with Crippen LogP contribution in [0.15, 0.2) is 22.7 Å². The topological polar surface area (TPSA) is 0 Å². The smallest absolute Gasteiger partial charge is 0.112 e. The normalized spacial score (nSPS) is 13.9. The van der Waals surface area contributed by atoms with E-state index in [1.807, 2.05) is 18.2 Å². The summed E-state index contributed by atoms with van der Waals surface area (Å²) in [5.74, 6) is 0. The second-order valence-corrected chi connectivity index (χ2v) is 9.25. The van der Waals surface area contributed by atoms with Crippen molar-refractivity contribution in [1.82, 2.24) is 0 Å². The average Bonchev–Trinajstić information content (AvgIpc) is 2.92. The second kappa shape index (κ2) is 7.21. The van der Waals surface area contributed by atoms with E-state index >= 15 is 0 Å². The summed E-state index contributed by atoms with van der Waals surface area (Å²) in [5.41, 5.74) is 5.94. The lowest BCUT2D eigenvalue weighted by atomic mass is 9.57. The van der Waals surface area contributed by atoms with Gasteiger partial charge in [-0.05, 0) is 39.9 Å². The SMILES string of the molecule is [B]c1c([B])c([B])c(-c2c([B])c([B])c(Br)c3c2C(C)(C)c2cc(Cl)ccc2-3)c([B])c1[B]. The molecule has 0 saturated carbocycles. The zero-order valence-electron chi connectivity index (χ0n) is 16.5. The molecular formula is C21H9B7BrCl. The summed E-state index contributed by atoms with van der Waals surface area (Å²) in [6, 6.07) is 5.75. The fourth-order valence-electron chi connectivity index (χ4n) is 4.40. The number of halogens is 2. The van der Waals surface area contributed by atoms with Crippen molar-refractivity contribution < 1.29 is 0 Å². The third kappa shape index (κ3) is 2.82. The van der Waals surface area contributed by atoms with Crippen LogP contribution in [0.5, 0.6) is 0 Å². The Kier molecular flexibility index (Phi) is 5.31. The highest BCUT2D eigenvalue weighted by molar-refractivity contribution is 9.10. The van der Waals surface area contributed by atoms with Gasteiger partial charge in [-0.25, -0.2) is 0 Å². The molecular weight excluding hydrogens is 443 g/mol. The zero-order valence-corrected chi connectivity index (χ0v) is 18.9. The molecule has 0 unspecified atom stereocenters. The summed E-state index contributed by atoms with van der Waals surface area (Å²) >= 11 is 9.95. The van der Waals surface area contributed by atoms with E-state index in [-0.39, 0.29) is 27.3 Å². The minimum absolute atomic E-state index is 0.142. The van der Waals surface area contributed by atoms with Gasteiger partial charge in [0, 0.05) is 20.5 Å². The fraction of sp³-hybridized carbons (Fsp3) is 0.143. The highest BCUT2D eigenvalue weighted by Gasteiger charge is 2.40. The molecule has 0 amide bonds. The second-order valence-electron chi connectivity index (χ2n) is 8.02. The minimum Gasteiger partial charge on any atom is -0.112 e. The van der Waals surface area contributed by atoms with Gasteiger partial charge >= 0.3 is 0 Å². The molecule has 0 bridgehead atoms. The molecule has 0 saturated heterocycles. The van der Waals surface area contributed by atoms with Crippen molar-refractivity contribution in [2.24, 2.45) is 0 Å². The fourth-order valence-corrected chi connectivity index (χ4v) is 5.20. The molecule has 14 radical (unpaired) electrons. The molecule has 1 aliphatic carbocycles. The first-order valence-electron chi connectivity index (χ1n) is 9.14. The largest absolute Gasteiger partial charge is 0.114 e. The van der Waals surface area contributed by atoms with E-state index < -0.39 is 5.41 Å². The molecule has 128 valence electrons. The van der Waals surface area contributed by atoms with Crippen LogP contribution in [0, 0.1) is 0 Å². The maximum atomic E-state index is 6.55. The summed E-state index contributed by atoms with van der Waals surface area (Å²) in [5, 5.41) is 0.633. The first-order valence-corrected chi connectivity index (χ1v) is 10.3. The Morgan fingerprint density at radius 1 is 0.700 bits per heavy atom. The summed E-state index contributed by atoms with van der Waals surface area (Å²) in [6.07, 6.45) is 0. The number of fused-ring (bicyclic) bond motifs is 3. The lowest BCUT2D eigenvalue weighted by Crippen LogP contribution is -2.56. The molecule has 4 rings (SSSR count). The predicted molar refractivity (Wildman–Crippen MR) is 140 cm³/mol. The van der Waals surface area contributed by atoms with Crippen LogP contribution >= 0.6 is 27.5 Å².